The lowest BCUT2D eigenvalue weighted by atomic mass is 10.3. The van der Waals surface area contributed by atoms with Gasteiger partial charge in [0.25, 0.3) is 0 Å². The van der Waals surface area contributed by atoms with E-state index >= 15 is 0 Å². The number of aliphatic hydroxyl groups excluding tert-OH is 1. The van der Waals surface area contributed by atoms with Gasteiger partial charge in [-0.3, -0.25) is 0 Å². The fourth-order valence-corrected chi connectivity index (χ4v) is 0. The maximum absolute atomic E-state index is 8.30. The molecular weight excluding hydrogens is 114 g/mol. The Kier molecular flexibility index (Phi) is 21.3. The van der Waals surface area contributed by atoms with Gasteiger partial charge in [0.05, 0.1) is 6.10 Å². The molecule has 1 atom stereocenters. The molecule has 0 aliphatic heterocycles. The van der Waals surface area contributed by atoms with Gasteiger partial charge >= 0.3 is 0 Å². The van der Waals surface area contributed by atoms with Crippen LogP contribution in [0.15, 0.2) is 0 Å². The molecule has 0 spiro atoms. The molecule has 7 heavy (non-hydrogen) atoms. The molecule has 0 aromatic carbocycles. The highest BCUT2D eigenvalue weighted by Crippen LogP contribution is 1.80. The molecule has 0 aliphatic rings. The van der Waals surface area contributed by atoms with E-state index < -0.39 is 0 Å². The summed E-state index contributed by atoms with van der Waals surface area (Å²) in [6, 6.07) is 0. The van der Waals surface area contributed by atoms with Crippen molar-refractivity contribution in [2.45, 2.75) is 19.4 Å². The fraction of sp³-hybridized carbons (Fsp3) is 0.750. The molecule has 1 radical (unpaired) electrons. The summed E-state index contributed by atoms with van der Waals surface area (Å²) in [7, 11) is 0. The Morgan fingerprint density at radius 2 is 1.86 bits per heavy atom. The first-order chi connectivity index (χ1) is 2.27. The van der Waals surface area contributed by atoms with Crippen LogP contribution in [0.25, 0.3) is 0 Å². The van der Waals surface area contributed by atoms with Gasteiger partial charge in [0.2, 0.25) is 0 Å². The van der Waals surface area contributed by atoms with E-state index in [9.17, 15) is 0 Å². The number of aliphatic hydroxyl groups is 1. The highest BCUT2D eigenvalue weighted by atomic mass is 35.5. The first-order valence-electron chi connectivity index (χ1n) is 1.74. The minimum Gasteiger partial charge on any atom is -0.393 e. The van der Waals surface area contributed by atoms with Crippen LogP contribution in [-0.4, -0.2) is 11.2 Å². The first-order valence-corrected chi connectivity index (χ1v) is 1.74. The van der Waals surface area contributed by atoms with Crippen LogP contribution >= 0.6 is 12.4 Å². The van der Waals surface area contributed by atoms with Crippen molar-refractivity contribution in [2.75, 3.05) is 0 Å². The predicted octanol–water partition coefficient (Wildman–Crippen LogP) is 1.18. The van der Waals surface area contributed by atoms with Crippen LogP contribution in [-0.2, 0) is 0 Å². The zero-order valence-corrected chi connectivity index (χ0v) is 5.37. The summed E-state index contributed by atoms with van der Waals surface area (Å²) in [5, 5.41) is 8.30. The molecule has 0 aliphatic carbocycles. The molecule has 0 aromatic rings. The molecule has 0 amide bonds. The van der Waals surface area contributed by atoms with Gasteiger partial charge in [0, 0.05) is 0 Å². The van der Waals surface area contributed by atoms with Crippen molar-refractivity contribution in [1.29, 1.82) is 0 Å². The number of halogens is 1. The largest absolute Gasteiger partial charge is 0.393 e. The standard InChI is InChI=1S/C4H9O.ClH.H3N/c1-3-4(2)5;;/h4-5H,1,3H2,2H3;1H;1H3. The second kappa shape index (κ2) is 9.51. The van der Waals surface area contributed by atoms with Crippen LogP contribution in [0.5, 0.6) is 0 Å². The van der Waals surface area contributed by atoms with Gasteiger partial charge in [-0.25, -0.2) is 0 Å². The summed E-state index contributed by atoms with van der Waals surface area (Å²) >= 11 is 0. The van der Waals surface area contributed by atoms with Crippen molar-refractivity contribution in [1.82, 2.24) is 6.15 Å². The Morgan fingerprint density at radius 3 is 1.86 bits per heavy atom. The van der Waals surface area contributed by atoms with E-state index in [4.69, 9.17) is 5.11 Å². The molecule has 0 saturated heterocycles. The van der Waals surface area contributed by atoms with Crippen molar-refractivity contribution in [3.05, 3.63) is 6.92 Å². The molecule has 4 N–H and O–H groups in total. The molecule has 1 unspecified atom stereocenters. The van der Waals surface area contributed by atoms with Crippen molar-refractivity contribution < 1.29 is 5.11 Å². The lowest BCUT2D eigenvalue weighted by Gasteiger charge is -1.90. The lowest BCUT2D eigenvalue weighted by Crippen LogP contribution is -1.93. The Labute approximate surface area is 50.9 Å². The van der Waals surface area contributed by atoms with Gasteiger partial charge in [0.15, 0.2) is 0 Å². The number of hydrogen-bond acceptors (Lipinski definition) is 2. The summed E-state index contributed by atoms with van der Waals surface area (Å²) in [5.41, 5.74) is 0. The second-order valence-electron chi connectivity index (χ2n) is 1.14. The van der Waals surface area contributed by atoms with Gasteiger partial charge in [-0.1, -0.05) is 6.92 Å². The quantitative estimate of drug-likeness (QED) is 0.554. The Balaban J connectivity index is -0.0000000800. The highest BCUT2D eigenvalue weighted by Gasteiger charge is 1.81. The maximum Gasteiger partial charge on any atom is 0.0512 e. The van der Waals surface area contributed by atoms with E-state index in [1.807, 2.05) is 0 Å². The average Bonchev–Trinajstić information content (AvgIpc) is 1.38. The molecule has 0 heterocycles. The van der Waals surface area contributed by atoms with Gasteiger partial charge in [-0.2, -0.15) is 0 Å². The molecule has 0 aromatic heterocycles. The van der Waals surface area contributed by atoms with Crippen molar-refractivity contribution in [2.24, 2.45) is 0 Å². The third-order valence-corrected chi connectivity index (χ3v) is 0.418. The minimum atomic E-state index is -0.227. The van der Waals surface area contributed by atoms with Crippen LogP contribution in [0.2, 0.25) is 0 Å². The number of rotatable bonds is 1. The molecule has 47 valence electrons. The minimum absolute atomic E-state index is 0. The van der Waals surface area contributed by atoms with Crippen LogP contribution in [0.4, 0.5) is 0 Å². The topological polar surface area (TPSA) is 55.2 Å². The summed E-state index contributed by atoms with van der Waals surface area (Å²) in [4.78, 5) is 0. The summed E-state index contributed by atoms with van der Waals surface area (Å²) in [6.45, 7) is 5.15. The molecule has 3 heteroatoms. The van der Waals surface area contributed by atoms with Crippen molar-refractivity contribution in [3.8, 4) is 0 Å². The van der Waals surface area contributed by atoms with Crippen LogP contribution < -0.4 is 6.15 Å². The molecule has 0 bridgehead atoms. The molecular formula is C4H13ClNO. The van der Waals surface area contributed by atoms with E-state index in [0.717, 1.165) is 0 Å². The van der Waals surface area contributed by atoms with Gasteiger partial charge in [0.1, 0.15) is 0 Å². The Bertz CT molecular complexity index is 25.7. The normalized spacial score (nSPS) is 10.7. The zero-order valence-electron chi connectivity index (χ0n) is 4.55. The van der Waals surface area contributed by atoms with E-state index in [2.05, 4.69) is 6.92 Å². The van der Waals surface area contributed by atoms with Crippen molar-refractivity contribution >= 4 is 12.4 Å². The second-order valence-corrected chi connectivity index (χ2v) is 1.14. The molecule has 2 nitrogen and oxygen atoms in total. The van der Waals surface area contributed by atoms with Crippen LogP contribution in [0.3, 0.4) is 0 Å². The van der Waals surface area contributed by atoms with Gasteiger partial charge < -0.3 is 11.3 Å². The van der Waals surface area contributed by atoms with Gasteiger partial charge in [-0.05, 0) is 13.3 Å². The molecule has 0 fully saturated rings. The van der Waals surface area contributed by atoms with Crippen LogP contribution in [0.1, 0.15) is 13.3 Å². The smallest absolute Gasteiger partial charge is 0.0512 e. The van der Waals surface area contributed by atoms with E-state index in [1.54, 1.807) is 6.92 Å². The monoisotopic (exact) mass is 126 g/mol. The predicted molar refractivity (Wildman–Crippen MR) is 33.9 cm³/mol. The Morgan fingerprint density at radius 1 is 1.71 bits per heavy atom. The van der Waals surface area contributed by atoms with E-state index in [0.29, 0.717) is 6.42 Å². The first kappa shape index (κ1) is 15.7. The third kappa shape index (κ3) is 22.5. The van der Waals surface area contributed by atoms with Crippen LogP contribution in [0, 0.1) is 6.92 Å². The fourth-order valence-electron chi connectivity index (χ4n) is 0. The Hall–Kier alpha value is 0.210. The number of hydrogen-bond donors (Lipinski definition) is 2. The molecule has 0 rings (SSSR count). The van der Waals surface area contributed by atoms with Crippen molar-refractivity contribution in [3.63, 3.8) is 0 Å². The van der Waals surface area contributed by atoms with E-state index in [-0.39, 0.29) is 24.7 Å². The highest BCUT2D eigenvalue weighted by molar-refractivity contribution is 5.85. The summed E-state index contributed by atoms with van der Waals surface area (Å²) in [5.74, 6) is 0. The SMILES string of the molecule is Cl.N.[CH2]CC(C)O. The average molecular weight is 127 g/mol. The third-order valence-electron chi connectivity index (χ3n) is 0.418. The maximum atomic E-state index is 8.30. The van der Waals surface area contributed by atoms with Gasteiger partial charge in [-0.15, -0.1) is 12.4 Å². The van der Waals surface area contributed by atoms with E-state index in [1.165, 1.54) is 0 Å². The molecule has 0 saturated carbocycles. The summed E-state index contributed by atoms with van der Waals surface area (Å²) in [6.07, 6.45) is 0.384. The summed E-state index contributed by atoms with van der Waals surface area (Å²) < 4.78 is 0. The lowest BCUT2D eigenvalue weighted by molar-refractivity contribution is 0.198. The zero-order chi connectivity index (χ0) is 4.28.